The Labute approximate surface area is 166 Å². The van der Waals surface area contributed by atoms with Gasteiger partial charge in [-0.15, -0.1) is 0 Å². The van der Waals surface area contributed by atoms with E-state index < -0.39 is 0 Å². The van der Waals surface area contributed by atoms with Crippen molar-refractivity contribution in [3.63, 3.8) is 0 Å². The third kappa shape index (κ3) is 4.29. The van der Waals surface area contributed by atoms with E-state index in [1.807, 2.05) is 59.8 Å². The van der Waals surface area contributed by atoms with Gasteiger partial charge in [-0.05, 0) is 17.2 Å². The number of nitrogens with zero attached hydrogens (tertiary/aromatic N) is 2. The molecule has 1 aromatic heterocycles. The molecule has 2 heterocycles. The van der Waals surface area contributed by atoms with Gasteiger partial charge >= 0.3 is 0 Å². The molecule has 1 fully saturated rings. The number of pyridine rings is 1. The molecule has 142 valence electrons. The molecule has 0 saturated carbocycles. The van der Waals surface area contributed by atoms with Gasteiger partial charge in [-0.1, -0.05) is 66.7 Å². The number of nitrogens with one attached hydrogen (secondary N) is 1. The minimum Gasteiger partial charge on any atom is -0.331 e. The third-order valence-electron chi connectivity index (χ3n) is 5.47. The Balaban J connectivity index is 1.46. The van der Waals surface area contributed by atoms with Gasteiger partial charge in [0.25, 0.3) is 0 Å². The zero-order valence-electron chi connectivity index (χ0n) is 16.0. The fourth-order valence-electron chi connectivity index (χ4n) is 3.96. The minimum absolute atomic E-state index is 0.206. The van der Waals surface area contributed by atoms with Crippen molar-refractivity contribution in [2.75, 3.05) is 26.2 Å². The highest BCUT2D eigenvalue weighted by atomic mass is 16.2. The smallest absolute Gasteiger partial charge is 0.234 e. The van der Waals surface area contributed by atoms with E-state index in [1.54, 1.807) is 0 Å². The molecule has 1 aliphatic heterocycles. The van der Waals surface area contributed by atoms with Crippen LogP contribution in [0.3, 0.4) is 0 Å². The van der Waals surface area contributed by atoms with Crippen LogP contribution in [0.1, 0.15) is 22.6 Å². The molecule has 0 bridgehead atoms. The molecule has 4 heteroatoms. The van der Waals surface area contributed by atoms with Crippen molar-refractivity contribution in [2.45, 2.75) is 12.5 Å². The van der Waals surface area contributed by atoms with Gasteiger partial charge in [0.1, 0.15) is 6.54 Å². The van der Waals surface area contributed by atoms with E-state index in [-0.39, 0.29) is 11.8 Å². The van der Waals surface area contributed by atoms with Crippen molar-refractivity contribution < 1.29 is 9.69 Å². The van der Waals surface area contributed by atoms with Crippen molar-refractivity contribution >= 4 is 5.91 Å². The van der Waals surface area contributed by atoms with Crippen LogP contribution in [0.5, 0.6) is 0 Å². The highest BCUT2D eigenvalue weighted by Gasteiger charge is 2.31. The van der Waals surface area contributed by atoms with Crippen LogP contribution in [0.2, 0.25) is 0 Å². The average Bonchev–Trinajstić information content (AvgIpc) is 2.77. The van der Waals surface area contributed by atoms with Crippen LogP contribution in [-0.2, 0) is 11.3 Å². The molecule has 1 saturated heterocycles. The van der Waals surface area contributed by atoms with E-state index >= 15 is 0 Å². The van der Waals surface area contributed by atoms with Crippen molar-refractivity contribution in [3.8, 4) is 0 Å². The van der Waals surface area contributed by atoms with Gasteiger partial charge in [-0.25, -0.2) is 0 Å². The number of hydrogen-bond donors (Lipinski definition) is 1. The van der Waals surface area contributed by atoms with Gasteiger partial charge in [0.15, 0.2) is 0 Å². The zero-order valence-corrected chi connectivity index (χ0v) is 16.0. The molecule has 1 N–H and O–H groups in total. The Kier molecular flexibility index (Phi) is 5.78. The second-order valence-electron chi connectivity index (χ2n) is 7.37. The number of carbonyl (C=O) groups excluding carboxylic acids is 1. The molecule has 0 atom stereocenters. The number of quaternary nitrogens is 1. The van der Waals surface area contributed by atoms with Gasteiger partial charge in [0, 0.05) is 18.0 Å². The number of rotatable bonds is 5. The molecule has 1 amide bonds. The lowest BCUT2D eigenvalue weighted by Gasteiger charge is -2.34. The summed E-state index contributed by atoms with van der Waals surface area (Å²) in [7, 11) is 0. The number of carbonyl (C=O) groups is 1. The predicted molar refractivity (Wildman–Crippen MR) is 110 cm³/mol. The van der Waals surface area contributed by atoms with Crippen LogP contribution in [0.15, 0.2) is 85.2 Å². The lowest BCUT2D eigenvalue weighted by Crippen LogP contribution is -3.13. The molecular formula is C24H26N3O+. The molecule has 2 aromatic carbocycles. The summed E-state index contributed by atoms with van der Waals surface area (Å²) < 4.78 is 0. The first-order valence-corrected chi connectivity index (χ1v) is 9.92. The number of piperazine rings is 1. The molecule has 28 heavy (non-hydrogen) atoms. The summed E-state index contributed by atoms with van der Waals surface area (Å²) in [5, 5.41) is 0. The van der Waals surface area contributed by atoms with Crippen molar-refractivity contribution in [3.05, 3.63) is 102 Å². The zero-order chi connectivity index (χ0) is 19.2. The third-order valence-corrected chi connectivity index (χ3v) is 5.47. The topological polar surface area (TPSA) is 37.6 Å². The standard InChI is InChI=1S/C24H25N3O/c28-24(23(21-9-3-1-4-10-21)22-11-5-2-6-12-22)27-16-14-26(15-17-27)19-20-8-7-13-25-18-20/h1-13,18,23H,14-17,19H2/p+1. The maximum absolute atomic E-state index is 13.5. The summed E-state index contributed by atoms with van der Waals surface area (Å²) in [6.07, 6.45) is 3.74. The maximum atomic E-state index is 13.5. The van der Waals surface area contributed by atoms with Crippen molar-refractivity contribution in [1.29, 1.82) is 0 Å². The largest absolute Gasteiger partial charge is 0.331 e. The van der Waals surface area contributed by atoms with Crippen LogP contribution in [0.25, 0.3) is 0 Å². The summed E-state index contributed by atoms with van der Waals surface area (Å²) in [4.78, 5) is 21.2. The summed E-state index contributed by atoms with van der Waals surface area (Å²) in [6, 6.07) is 24.4. The van der Waals surface area contributed by atoms with Crippen molar-refractivity contribution in [2.24, 2.45) is 0 Å². The molecule has 4 rings (SSSR count). The molecule has 4 nitrogen and oxygen atoms in total. The average molecular weight is 372 g/mol. The first-order valence-electron chi connectivity index (χ1n) is 9.92. The summed E-state index contributed by atoms with van der Waals surface area (Å²) in [6.45, 7) is 4.50. The number of hydrogen-bond acceptors (Lipinski definition) is 2. The fraction of sp³-hybridized carbons (Fsp3) is 0.250. The van der Waals surface area contributed by atoms with E-state index in [0.29, 0.717) is 0 Å². The van der Waals surface area contributed by atoms with E-state index in [4.69, 9.17) is 0 Å². The molecule has 0 aliphatic carbocycles. The summed E-state index contributed by atoms with van der Waals surface area (Å²) >= 11 is 0. The highest BCUT2D eigenvalue weighted by molar-refractivity contribution is 5.87. The Bertz CT molecular complexity index is 836. The Morgan fingerprint density at radius 1 is 0.893 bits per heavy atom. The quantitative estimate of drug-likeness (QED) is 0.745. The Hall–Kier alpha value is -2.98. The van der Waals surface area contributed by atoms with Crippen LogP contribution in [-0.4, -0.2) is 42.0 Å². The molecule has 3 aromatic rings. The van der Waals surface area contributed by atoms with Crippen LogP contribution >= 0.6 is 0 Å². The SMILES string of the molecule is O=C(C(c1ccccc1)c1ccccc1)N1CC[NH+](Cc2cccnc2)CC1. The number of aromatic nitrogens is 1. The van der Waals surface area contributed by atoms with Gasteiger partial charge in [0.05, 0.1) is 32.1 Å². The Morgan fingerprint density at radius 2 is 1.50 bits per heavy atom. The molecule has 0 radical (unpaired) electrons. The molecule has 0 spiro atoms. The predicted octanol–water partition coefficient (Wildman–Crippen LogP) is 2.14. The van der Waals surface area contributed by atoms with Gasteiger partial charge in [0.2, 0.25) is 5.91 Å². The fourth-order valence-corrected chi connectivity index (χ4v) is 3.96. The first kappa shape index (κ1) is 18.4. The maximum Gasteiger partial charge on any atom is 0.234 e. The molecule has 1 aliphatic rings. The lowest BCUT2D eigenvalue weighted by molar-refractivity contribution is -0.917. The summed E-state index contributed by atoms with van der Waals surface area (Å²) in [5.74, 6) is -0.0277. The second-order valence-corrected chi connectivity index (χ2v) is 7.37. The van der Waals surface area contributed by atoms with Crippen LogP contribution in [0, 0.1) is 0 Å². The van der Waals surface area contributed by atoms with Crippen molar-refractivity contribution in [1.82, 2.24) is 9.88 Å². The van der Waals surface area contributed by atoms with Gasteiger partial charge in [-0.3, -0.25) is 9.78 Å². The first-order chi connectivity index (χ1) is 13.8. The van der Waals surface area contributed by atoms with E-state index in [1.165, 1.54) is 10.5 Å². The number of amides is 1. The lowest BCUT2D eigenvalue weighted by atomic mass is 9.90. The number of benzene rings is 2. The molecule has 0 unspecified atom stereocenters. The Morgan fingerprint density at radius 3 is 2.04 bits per heavy atom. The van der Waals surface area contributed by atoms with Crippen LogP contribution in [0.4, 0.5) is 0 Å². The molecular weight excluding hydrogens is 346 g/mol. The second kappa shape index (κ2) is 8.81. The van der Waals surface area contributed by atoms with E-state index in [2.05, 4.69) is 35.3 Å². The monoisotopic (exact) mass is 372 g/mol. The minimum atomic E-state index is -0.234. The van der Waals surface area contributed by atoms with Crippen LogP contribution < -0.4 is 4.90 Å². The summed E-state index contributed by atoms with van der Waals surface area (Å²) in [5.41, 5.74) is 3.37. The highest BCUT2D eigenvalue weighted by Crippen LogP contribution is 2.26. The van der Waals surface area contributed by atoms with Gasteiger partial charge < -0.3 is 9.80 Å². The normalized spacial score (nSPS) is 15.0. The van der Waals surface area contributed by atoms with E-state index in [9.17, 15) is 4.79 Å². The van der Waals surface area contributed by atoms with Gasteiger partial charge in [-0.2, -0.15) is 0 Å². The van der Waals surface area contributed by atoms with E-state index in [0.717, 1.165) is 43.9 Å².